The molecule has 1 aliphatic carbocycles. The highest BCUT2D eigenvalue weighted by Crippen LogP contribution is 2.49. The summed E-state index contributed by atoms with van der Waals surface area (Å²) in [6.45, 7) is 2.24. The lowest BCUT2D eigenvalue weighted by Gasteiger charge is -1.99. The van der Waals surface area contributed by atoms with E-state index < -0.39 is 0 Å². The zero-order chi connectivity index (χ0) is 9.97. The van der Waals surface area contributed by atoms with Crippen molar-refractivity contribution in [2.24, 2.45) is 11.0 Å². The van der Waals surface area contributed by atoms with Crippen molar-refractivity contribution < 1.29 is 0 Å². The first-order valence-corrected chi connectivity index (χ1v) is 5.00. The summed E-state index contributed by atoms with van der Waals surface area (Å²) < 4.78 is 0. The monoisotopic (exact) mass is 187 g/mol. The minimum atomic E-state index is 0.699. The number of azide groups is 1. The molecule has 0 spiro atoms. The summed E-state index contributed by atoms with van der Waals surface area (Å²) in [5.41, 5.74) is 10.3. The maximum absolute atomic E-state index is 8.25. The summed E-state index contributed by atoms with van der Waals surface area (Å²) in [5, 5.41) is 3.55. The molecule has 1 aromatic rings. The second-order valence-electron chi connectivity index (χ2n) is 3.79. The zero-order valence-corrected chi connectivity index (χ0v) is 8.22. The number of hydrogen-bond acceptors (Lipinski definition) is 1. The first-order chi connectivity index (χ1) is 6.85. The molecule has 14 heavy (non-hydrogen) atoms. The smallest absolute Gasteiger partial charge is 0.0375 e. The molecule has 2 unspecified atom stereocenters. The highest BCUT2D eigenvalue weighted by molar-refractivity contribution is 5.40. The van der Waals surface area contributed by atoms with Crippen LogP contribution in [0, 0.1) is 5.92 Å². The fourth-order valence-electron chi connectivity index (χ4n) is 1.95. The second kappa shape index (κ2) is 3.72. The van der Waals surface area contributed by atoms with Gasteiger partial charge in [-0.15, -0.1) is 0 Å². The molecule has 3 nitrogen and oxygen atoms in total. The lowest BCUT2D eigenvalue weighted by molar-refractivity contribution is 0.766. The van der Waals surface area contributed by atoms with Crippen molar-refractivity contribution in [1.29, 1.82) is 0 Å². The fourth-order valence-corrected chi connectivity index (χ4v) is 1.95. The average molecular weight is 187 g/mol. The van der Waals surface area contributed by atoms with E-state index in [0.29, 0.717) is 5.69 Å². The van der Waals surface area contributed by atoms with E-state index in [-0.39, 0.29) is 0 Å². The highest BCUT2D eigenvalue weighted by Gasteiger charge is 2.36. The molecule has 0 radical (unpaired) electrons. The lowest BCUT2D eigenvalue weighted by Crippen LogP contribution is -1.80. The molecular weight excluding hydrogens is 174 g/mol. The Morgan fingerprint density at radius 3 is 2.64 bits per heavy atom. The highest BCUT2D eigenvalue weighted by atomic mass is 15.1. The van der Waals surface area contributed by atoms with Crippen LogP contribution < -0.4 is 0 Å². The van der Waals surface area contributed by atoms with E-state index in [2.05, 4.69) is 29.1 Å². The van der Waals surface area contributed by atoms with Crippen molar-refractivity contribution in [3.8, 4) is 0 Å². The topological polar surface area (TPSA) is 48.8 Å². The van der Waals surface area contributed by atoms with Crippen LogP contribution in [0.25, 0.3) is 10.4 Å². The van der Waals surface area contributed by atoms with Gasteiger partial charge in [0.15, 0.2) is 0 Å². The Bertz CT molecular complexity index is 363. The van der Waals surface area contributed by atoms with E-state index in [1.54, 1.807) is 0 Å². The standard InChI is InChI=1S/C11H13N3/c1-2-8-7-11(8)9-3-5-10(6-4-9)13-14-12/h3-6,8,11H,2,7H2,1H3. The van der Waals surface area contributed by atoms with Crippen LogP contribution in [0.3, 0.4) is 0 Å². The van der Waals surface area contributed by atoms with E-state index in [1.165, 1.54) is 18.4 Å². The number of hydrogen-bond donors (Lipinski definition) is 0. The summed E-state index contributed by atoms with van der Waals surface area (Å²) in [5.74, 6) is 1.63. The number of nitrogens with zero attached hydrogens (tertiary/aromatic N) is 3. The van der Waals surface area contributed by atoms with Crippen LogP contribution in [0.15, 0.2) is 29.4 Å². The minimum Gasteiger partial charge on any atom is -0.0651 e. The van der Waals surface area contributed by atoms with Crippen LogP contribution in [0.1, 0.15) is 31.2 Å². The Balaban J connectivity index is 2.11. The predicted octanol–water partition coefficient (Wildman–Crippen LogP) is 4.14. The Morgan fingerprint density at radius 1 is 1.43 bits per heavy atom. The van der Waals surface area contributed by atoms with Crippen molar-refractivity contribution >= 4 is 5.69 Å². The molecule has 1 aromatic carbocycles. The zero-order valence-electron chi connectivity index (χ0n) is 8.22. The first kappa shape index (κ1) is 9.10. The van der Waals surface area contributed by atoms with E-state index in [0.717, 1.165) is 11.8 Å². The molecule has 1 aliphatic rings. The van der Waals surface area contributed by atoms with Gasteiger partial charge in [-0.3, -0.25) is 0 Å². The van der Waals surface area contributed by atoms with Gasteiger partial charge in [0.05, 0.1) is 0 Å². The van der Waals surface area contributed by atoms with Crippen LogP contribution in [0.4, 0.5) is 5.69 Å². The van der Waals surface area contributed by atoms with Gasteiger partial charge in [0.2, 0.25) is 0 Å². The molecule has 0 saturated heterocycles. The average Bonchev–Trinajstić information content (AvgIpc) is 2.99. The molecule has 72 valence electrons. The molecule has 2 rings (SSSR count). The Labute approximate surface area is 83.4 Å². The van der Waals surface area contributed by atoms with Crippen molar-refractivity contribution in [3.05, 3.63) is 40.3 Å². The third-order valence-corrected chi connectivity index (χ3v) is 2.93. The maximum Gasteiger partial charge on any atom is 0.0375 e. The molecule has 2 atom stereocenters. The van der Waals surface area contributed by atoms with Gasteiger partial charge in [0, 0.05) is 10.6 Å². The van der Waals surface area contributed by atoms with E-state index in [9.17, 15) is 0 Å². The van der Waals surface area contributed by atoms with Crippen LogP contribution in [-0.2, 0) is 0 Å². The SMILES string of the molecule is CCC1CC1c1ccc(N=[N+]=[N-])cc1. The summed E-state index contributed by atoms with van der Waals surface area (Å²) in [7, 11) is 0. The van der Waals surface area contributed by atoms with E-state index in [1.807, 2.05) is 12.1 Å². The minimum absolute atomic E-state index is 0.699. The van der Waals surface area contributed by atoms with Crippen molar-refractivity contribution in [2.75, 3.05) is 0 Å². The second-order valence-corrected chi connectivity index (χ2v) is 3.79. The molecule has 1 fully saturated rings. The van der Waals surface area contributed by atoms with Crippen LogP contribution in [-0.4, -0.2) is 0 Å². The summed E-state index contributed by atoms with van der Waals surface area (Å²) in [4.78, 5) is 2.75. The molecule has 0 aliphatic heterocycles. The van der Waals surface area contributed by atoms with Gasteiger partial charge in [-0.05, 0) is 29.4 Å². The molecule has 0 aromatic heterocycles. The molecular formula is C11H13N3. The normalized spacial score (nSPS) is 24.1. The largest absolute Gasteiger partial charge is 0.0651 e. The lowest BCUT2D eigenvalue weighted by atomic mass is 10.1. The van der Waals surface area contributed by atoms with Gasteiger partial charge in [-0.25, -0.2) is 0 Å². The van der Waals surface area contributed by atoms with Gasteiger partial charge in [0.25, 0.3) is 0 Å². The Kier molecular flexibility index (Phi) is 2.42. The predicted molar refractivity (Wildman–Crippen MR) is 56.4 cm³/mol. The first-order valence-electron chi connectivity index (χ1n) is 5.00. The Morgan fingerprint density at radius 2 is 2.14 bits per heavy atom. The molecule has 0 heterocycles. The van der Waals surface area contributed by atoms with Crippen LogP contribution >= 0.6 is 0 Å². The number of rotatable bonds is 3. The molecule has 1 saturated carbocycles. The molecule has 3 heteroatoms. The molecule has 0 amide bonds. The third-order valence-electron chi connectivity index (χ3n) is 2.93. The quantitative estimate of drug-likeness (QED) is 0.388. The Hall–Kier alpha value is -1.47. The maximum atomic E-state index is 8.25. The van der Waals surface area contributed by atoms with E-state index in [4.69, 9.17) is 5.53 Å². The van der Waals surface area contributed by atoms with Crippen molar-refractivity contribution in [2.45, 2.75) is 25.7 Å². The summed E-state index contributed by atoms with van der Waals surface area (Å²) in [6, 6.07) is 7.93. The van der Waals surface area contributed by atoms with Crippen molar-refractivity contribution in [3.63, 3.8) is 0 Å². The van der Waals surface area contributed by atoms with Gasteiger partial charge in [0.1, 0.15) is 0 Å². The van der Waals surface area contributed by atoms with Gasteiger partial charge in [-0.1, -0.05) is 42.7 Å². The van der Waals surface area contributed by atoms with Crippen LogP contribution in [0.5, 0.6) is 0 Å². The van der Waals surface area contributed by atoms with Gasteiger partial charge >= 0.3 is 0 Å². The van der Waals surface area contributed by atoms with Gasteiger partial charge in [-0.2, -0.15) is 0 Å². The molecule has 0 bridgehead atoms. The van der Waals surface area contributed by atoms with Gasteiger partial charge < -0.3 is 0 Å². The summed E-state index contributed by atoms with van der Waals surface area (Å²) >= 11 is 0. The van der Waals surface area contributed by atoms with E-state index >= 15 is 0 Å². The molecule has 0 N–H and O–H groups in total. The summed E-state index contributed by atoms with van der Waals surface area (Å²) in [6.07, 6.45) is 2.58. The third kappa shape index (κ3) is 1.73. The fraction of sp³-hybridized carbons (Fsp3) is 0.455. The van der Waals surface area contributed by atoms with Crippen LogP contribution in [0.2, 0.25) is 0 Å². The van der Waals surface area contributed by atoms with Crippen molar-refractivity contribution in [1.82, 2.24) is 0 Å². The number of benzene rings is 1.